The molecule has 0 atom stereocenters. The zero-order valence-corrected chi connectivity index (χ0v) is 10.4. The van der Waals surface area contributed by atoms with Crippen LogP contribution in [0, 0.1) is 0 Å². The number of rotatable bonds is 1. The van der Waals surface area contributed by atoms with Crippen LogP contribution < -0.4 is 14.8 Å². The van der Waals surface area contributed by atoms with E-state index in [1.54, 1.807) is 0 Å². The predicted octanol–water partition coefficient (Wildman–Crippen LogP) is 2.26. The maximum atomic E-state index is 5.72. The number of benzene rings is 1. The van der Waals surface area contributed by atoms with E-state index in [0.717, 1.165) is 31.0 Å². The summed E-state index contributed by atoms with van der Waals surface area (Å²) in [7, 11) is 0. The van der Waals surface area contributed by atoms with Crippen molar-refractivity contribution in [3.05, 3.63) is 29.8 Å². The van der Waals surface area contributed by atoms with Gasteiger partial charge in [-0.3, -0.25) is 0 Å². The Bertz CT molecular complexity index is 431. The minimum Gasteiger partial charge on any atom is -0.486 e. The van der Waals surface area contributed by atoms with Crippen molar-refractivity contribution in [3.8, 4) is 11.5 Å². The van der Waals surface area contributed by atoms with E-state index in [1.165, 1.54) is 11.1 Å². The van der Waals surface area contributed by atoms with Crippen molar-refractivity contribution in [3.63, 3.8) is 0 Å². The Hall–Kier alpha value is -1.19. The van der Waals surface area contributed by atoms with Gasteiger partial charge < -0.3 is 14.8 Å². The largest absolute Gasteiger partial charge is 0.486 e. The molecule has 0 fully saturated rings. The summed E-state index contributed by atoms with van der Waals surface area (Å²) in [6.07, 6.45) is 3.29. The van der Waals surface area contributed by atoms with Gasteiger partial charge in [-0.25, -0.2) is 0 Å². The van der Waals surface area contributed by atoms with Crippen molar-refractivity contribution in [1.29, 1.82) is 0 Å². The van der Waals surface area contributed by atoms with E-state index in [1.807, 2.05) is 12.1 Å². The minimum atomic E-state index is 0. The third-order valence-electron chi connectivity index (χ3n) is 2.98. The van der Waals surface area contributed by atoms with Gasteiger partial charge in [0, 0.05) is 12.1 Å². The van der Waals surface area contributed by atoms with Gasteiger partial charge in [0.2, 0.25) is 0 Å². The van der Waals surface area contributed by atoms with E-state index in [9.17, 15) is 0 Å². The molecule has 2 aliphatic rings. The molecule has 0 saturated carbocycles. The second-order valence-corrected chi connectivity index (χ2v) is 4.01. The molecule has 0 bridgehead atoms. The van der Waals surface area contributed by atoms with Gasteiger partial charge in [0.1, 0.15) is 13.2 Å². The van der Waals surface area contributed by atoms with Gasteiger partial charge in [0.25, 0.3) is 0 Å². The molecular weight excluding hydrogens is 238 g/mol. The third kappa shape index (κ3) is 2.40. The number of para-hydroxylation sites is 1. The molecule has 0 amide bonds. The van der Waals surface area contributed by atoms with Crippen molar-refractivity contribution in [2.75, 3.05) is 26.3 Å². The monoisotopic (exact) mass is 253 g/mol. The lowest BCUT2D eigenvalue weighted by atomic mass is 9.99. The SMILES string of the molecule is C1=C(c2cccc3c2OCCO3)CCNC1.Cl. The second kappa shape index (κ2) is 5.43. The molecule has 3 rings (SSSR count). The highest BCUT2D eigenvalue weighted by atomic mass is 35.5. The van der Waals surface area contributed by atoms with E-state index >= 15 is 0 Å². The lowest BCUT2D eigenvalue weighted by molar-refractivity contribution is 0.171. The Balaban J connectivity index is 0.00000108. The summed E-state index contributed by atoms with van der Waals surface area (Å²) in [4.78, 5) is 0. The molecule has 1 aromatic carbocycles. The van der Waals surface area contributed by atoms with Gasteiger partial charge in [-0.2, -0.15) is 0 Å². The zero-order chi connectivity index (χ0) is 10.8. The van der Waals surface area contributed by atoms with E-state index in [-0.39, 0.29) is 12.4 Å². The van der Waals surface area contributed by atoms with E-state index in [2.05, 4.69) is 17.5 Å². The molecule has 1 N–H and O–H groups in total. The Morgan fingerprint density at radius 2 is 2.00 bits per heavy atom. The van der Waals surface area contributed by atoms with Crippen LogP contribution in [0.15, 0.2) is 24.3 Å². The van der Waals surface area contributed by atoms with E-state index in [4.69, 9.17) is 9.47 Å². The average Bonchev–Trinajstić information content (AvgIpc) is 2.39. The van der Waals surface area contributed by atoms with Crippen molar-refractivity contribution in [2.24, 2.45) is 0 Å². The summed E-state index contributed by atoms with van der Waals surface area (Å²) in [6.45, 7) is 3.28. The van der Waals surface area contributed by atoms with Crippen molar-refractivity contribution in [2.45, 2.75) is 6.42 Å². The van der Waals surface area contributed by atoms with Crippen LogP contribution in [0.25, 0.3) is 5.57 Å². The molecule has 92 valence electrons. The van der Waals surface area contributed by atoms with Crippen LogP contribution >= 0.6 is 12.4 Å². The second-order valence-electron chi connectivity index (χ2n) is 4.01. The fraction of sp³-hybridized carbons (Fsp3) is 0.385. The summed E-state index contributed by atoms with van der Waals surface area (Å²) >= 11 is 0. The minimum absolute atomic E-state index is 0. The van der Waals surface area contributed by atoms with E-state index < -0.39 is 0 Å². The molecule has 0 spiro atoms. The van der Waals surface area contributed by atoms with Crippen molar-refractivity contribution >= 4 is 18.0 Å². The summed E-state index contributed by atoms with van der Waals surface area (Å²) in [5, 5.41) is 3.32. The summed E-state index contributed by atoms with van der Waals surface area (Å²) in [5.74, 6) is 1.80. The van der Waals surface area contributed by atoms with Gasteiger partial charge in [-0.15, -0.1) is 12.4 Å². The average molecular weight is 254 g/mol. The molecule has 4 heteroatoms. The van der Waals surface area contributed by atoms with E-state index in [0.29, 0.717) is 13.2 Å². The Morgan fingerprint density at radius 1 is 1.12 bits per heavy atom. The normalized spacial score (nSPS) is 18.0. The van der Waals surface area contributed by atoms with Crippen molar-refractivity contribution < 1.29 is 9.47 Å². The van der Waals surface area contributed by atoms with Crippen LogP contribution in [0.1, 0.15) is 12.0 Å². The molecule has 0 radical (unpaired) electrons. The van der Waals surface area contributed by atoms with Gasteiger partial charge in [-0.1, -0.05) is 18.2 Å². The molecular formula is C13H16ClNO2. The first-order valence-corrected chi connectivity index (χ1v) is 5.74. The van der Waals surface area contributed by atoms with Crippen molar-refractivity contribution in [1.82, 2.24) is 5.32 Å². The molecule has 2 heterocycles. The van der Waals surface area contributed by atoms with Gasteiger partial charge >= 0.3 is 0 Å². The molecule has 2 aliphatic heterocycles. The van der Waals surface area contributed by atoms with Crippen LogP contribution in [-0.2, 0) is 0 Å². The Morgan fingerprint density at radius 3 is 2.82 bits per heavy atom. The number of halogens is 1. The number of nitrogens with one attached hydrogen (secondary N) is 1. The molecule has 0 aliphatic carbocycles. The molecule has 17 heavy (non-hydrogen) atoms. The van der Waals surface area contributed by atoms with Crippen LogP contribution in [0.2, 0.25) is 0 Å². The summed E-state index contributed by atoms with van der Waals surface area (Å²) < 4.78 is 11.3. The molecule has 0 aromatic heterocycles. The molecule has 1 aromatic rings. The van der Waals surface area contributed by atoms with Crippen LogP contribution in [-0.4, -0.2) is 26.3 Å². The van der Waals surface area contributed by atoms with Gasteiger partial charge in [0.05, 0.1) is 0 Å². The molecule has 3 nitrogen and oxygen atoms in total. The lowest BCUT2D eigenvalue weighted by Crippen LogP contribution is -2.21. The van der Waals surface area contributed by atoms with Crippen LogP contribution in [0.3, 0.4) is 0 Å². The fourth-order valence-electron chi connectivity index (χ4n) is 2.19. The maximum Gasteiger partial charge on any atom is 0.168 e. The number of hydrogen-bond donors (Lipinski definition) is 1. The topological polar surface area (TPSA) is 30.5 Å². The zero-order valence-electron chi connectivity index (χ0n) is 9.57. The predicted molar refractivity (Wildman–Crippen MR) is 70.1 cm³/mol. The lowest BCUT2D eigenvalue weighted by Gasteiger charge is -2.23. The Kier molecular flexibility index (Phi) is 3.92. The molecule has 0 saturated heterocycles. The summed E-state index contributed by atoms with van der Waals surface area (Å²) in [6, 6.07) is 6.12. The highest BCUT2D eigenvalue weighted by molar-refractivity contribution is 5.85. The van der Waals surface area contributed by atoms with Gasteiger partial charge in [-0.05, 0) is 24.6 Å². The molecule has 0 unspecified atom stereocenters. The quantitative estimate of drug-likeness (QED) is 0.833. The number of hydrogen-bond acceptors (Lipinski definition) is 3. The first-order valence-electron chi connectivity index (χ1n) is 5.74. The smallest absolute Gasteiger partial charge is 0.168 e. The highest BCUT2D eigenvalue weighted by Gasteiger charge is 2.18. The van der Waals surface area contributed by atoms with Crippen LogP contribution in [0.4, 0.5) is 0 Å². The number of fused-ring (bicyclic) bond motifs is 1. The first kappa shape index (κ1) is 12.3. The van der Waals surface area contributed by atoms with Gasteiger partial charge in [0.15, 0.2) is 11.5 Å². The summed E-state index contributed by atoms with van der Waals surface area (Å²) in [5.41, 5.74) is 2.56. The highest BCUT2D eigenvalue weighted by Crippen LogP contribution is 2.38. The van der Waals surface area contributed by atoms with Crippen LogP contribution in [0.5, 0.6) is 11.5 Å². The number of ether oxygens (including phenoxy) is 2. The standard InChI is InChI=1S/C13H15NO2.ClH/c1-2-11(10-4-6-14-7-5-10)13-12(3-1)15-8-9-16-13;/h1-4,14H,5-9H2;1H. The fourth-order valence-corrected chi connectivity index (χ4v) is 2.19. The Labute approximate surface area is 107 Å². The third-order valence-corrected chi connectivity index (χ3v) is 2.98. The maximum absolute atomic E-state index is 5.72. The first-order chi connectivity index (χ1) is 7.95.